The monoisotopic (exact) mass is 402 g/mol. The van der Waals surface area contributed by atoms with E-state index in [0.29, 0.717) is 18.2 Å². The Morgan fingerprint density at radius 3 is 2.52 bits per heavy atom. The Morgan fingerprint density at radius 2 is 1.72 bits per heavy atom. The number of benzene rings is 3. The molecule has 3 aromatic carbocycles. The van der Waals surface area contributed by atoms with E-state index in [-0.39, 0.29) is 0 Å². The minimum atomic E-state index is 0.479. The van der Waals surface area contributed by atoms with Crippen LogP contribution < -0.4 is 10.1 Å². The minimum absolute atomic E-state index is 0.479. The van der Waals surface area contributed by atoms with Crippen molar-refractivity contribution in [2.75, 3.05) is 5.32 Å². The van der Waals surface area contributed by atoms with Gasteiger partial charge in [-0.05, 0) is 42.0 Å². The third-order valence-corrected chi connectivity index (χ3v) is 5.42. The number of aromatic nitrogens is 1. The molecule has 0 aliphatic heterocycles. The van der Waals surface area contributed by atoms with E-state index in [1.165, 1.54) is 16.5 Å². The zero-order valence-corrected chi connectivity index (χ0v) is 17.1. The topological polar surface area (TPSA) is 26.2 Å². The molecule has 0 saturated carbocycles. The molecule has 4 aromatic rings. The van der Waals surface area contributed by atoms with Crippen molar-refractivity contribution in [3.8, 4) is 5.75 Å². The zero-order chi connectivity index (χ0) is 20.2. The summed E-state index contributed by atoms with van der Waals surface area (Å²) in [6.07, 6.45) is 1.87. The lowest BCUT2D eigenvalue weighted by atomic mass is 10.1. The number of rotatable bonds is 7. The van der Waals surface area contributed by atoms with Crippen LogP contribution in [0.15, 0.2) is 79.4 Å². The lowest BCUT2D eigenvalue weighted by Crippen LogP contribution is -2.08. The number of halogens is 1. The van der Waals surface area contributed by atoms with Crippen LogP contribution in [0.4, 0.5) is 5.69 Å². The fourth-order valence-corrected chi connectivity index (χ4v) is 3.73. The SMILES string of the molecule is C=Cc1ccccc1NCc1c(COc2ccc(Cl)cc2)n(C)c2ccccc12. The van der Waals surface area contributed by atoms with Gasteiger partial charge < -0.3 is 14.6 Å². The summed E-state index contributed by atoms with van der Waals surface area (Å²) in [4.78, 5) is 0. The van der Waals surface area contributed by atoms with Gasteiger partial charge in [0, 0.05) is 40.8 Å². The van der Waals surface area contributed by atoms with Crippen molar-refractivity contribution in [3.63, 3.8) is 0 Å². The molecule has 1 aromatic heterocycles. The van der Waals surface area contributed by atoms with Crippen molar-refractivity contribution in [2.45, 2.75) is 13.2 Å². The molecule has 4 heteroatoms. The number of hydrogen-bond donors (Lipinski definition) is 1. The number of nitrogens with zero attached hydrogens (tertiary/aromatic N) is 1. The molecular weight excluding hydrogens is 380 g/mol. The van der Waals surface area contributed by atoms with Gasteiger partial charge in [-0.2, -0.15) is 0 Å². The van der Waals surface area contributed by atoms with Crippen LogP contribution in [0.1, 0.15) is 16.8 Å². The Kier molecular flexibility index (Phi) is 5.59. The first-order valence-electron chi connectivity index (χ1n) is 9.56. The standard InChI is InChI=1S/C25H23ClN2O/c1-3-18-8-4-6-10-23(18)27-16-22-21-9-5-7-11-24(21)28(2)25(22)17-29-20-14-12-19(26)13-15-20/h3-15,27H,1,16-17H2,2H3. The van der Waals surface area contributed by atoms with Crippen molar-refractivity contribution in [2.24, 2.45) is 7.05 Å². The quantitative estimate of drug-likeness (QED) is 0.373. The molecular formula is C25H23ClN2O. The van der Waals surface area contributed by atoms with E-state index in [4.69, 9.17) is 16.3 Å². The maximum absolute atomic E-state index is 6.07. The van der Waals surface area contributed by atoms with Crippen molar-refractivity contribution in [1.82, 2.24) is 4.57 Å². The zero-order valence-electron chi connectivity index (χ0n) is 16.4. The fourth-order valence-electron chi connectivity index (χ4n) is 3.61. The van der Waals surface area contributed by atoms with Crippen molar-refractivity contribution < 1.29 is 4.74 Å². The highest BCUT2D eigenvalue weighted by Crippen LogP contribution is 2.28. The van der Waals surface area contributed by atoms with E-state index >= 15 is 0 Å². The predicted octanol–water partition coefficient (Wildman–Crippen LogP) is 6.67. The van der Waals surface area contributed by atoms with Crippen LogP contribution in [-0.4, -0.2) is 4.57 Å². The van der Waals surface area contributed by atoms with Crippen LogP contribution in [0.2, 0.25) is 5.02 Å². The summed E-state index contributed by atoms with van der Waals surface area (Å²) in [7, 11) is 2.09. The van der Waals surface area contributed by atoms with Crippen LogP contribution in [0, 0.1) is 0 Å². The predicted molar refractivity (Wildman–Crippen MR) is 123 cm³/mol. The first-order valence-corrected chi connectivity index (χ1v) is 9.94. The van der Waals surface area contributed by atoms with Crippen molar-refractivity contribution in [1.29, 1.82) is 0 Å². The molecule has 3 nitrogen and oxygen atoms in total. The molecule has 0 fully saturated rings. The average Bonchev–Trinajstić information content (AvgIpc) is 3.03. The number of aryl methyl sites for hydroxylation is 1. The molecule has 29 heavy (non-hydrogen) atoms. The molecule has 4 rings (SSSR count). The second kappa shape index (κ2) is 8.46. The normalized spacial score (nSPS) is 10.8. The summed E-state index contributed by atoms with van der Waals surface area (Å²) >= 11 is 5.98. The summed E-state index contributed by atoms with van der Waals surface area (Å²) in [5.41, 5.74) is 5.73. The number of anilines is 1. The second-order valence-electron chi connectivity index (χ2n) is 6.89. The molecule has 0 amide bonds. The summed E-state index contributed by atoms with van der Waals surface area (Å²) in [6.45, 7) is 5.09. The molecule has 0 aliphatic rings. The Bertz CT molecular complexity index is 1150. The maximum atomic E-state index is 6.07. The summed E-state index contributed by atoms with van der Waals surface area (Å²) < 4.78 is 8.28. The lowest BCUT2D eigenvalue weighted by Gasteiger charge is -2.13. The van der Waals surface area contributed by atoms with Gasteiger partial charge in [0.1, 0.15) is 12.4 Å². The largest absolute Gasteiger partial charge is 0.487 e. The third kappa shape index (κ3) is 4.01. The molecule has 0 saturated heterocycles. The number of hydrogen-bond acceptors (Lipinski definition) is 2. The Balaban J connectivity index is 1.65. The summed E-state index contributed by atoms with van der Waals surface area (Å²) in [6, 6.07) is 24.1. The van der Waals surface area contributed by atoms with Crippen molar-refractivity contribution >= 4 is 34.3 Å². The van der Waals surface area contributed by atoms with Gasteiger partial charge >= 0.3 is 0 Å². The van der Waals surface area contributed by atoms with E-state index in [1.807, 2.05) is 42.5 Å². The Labute approximate surface area is 176 Å². The van der Waals surface area contributed by atoms with E-state index in [9.17, 15) is 0 Å². The highest BCUT2D eigenvalue weighted by Gasteiger charge is 2.15. The van der Waals surface area contributed by atoms with E-state index in [2.05, 4.69) is 59.9 Å². The molecule has 0 aliphatic carbocycles. The van der Waals surface area contributed by atoms with Crippen LogP contribution >= 0.6 is 11.6 Å². The summed E-state index contributed by atoms with van der Waals surface area (Å²) in [5.74, 6) is 0.801. The maximum Gasteiger partial charge on any atom is 0.129 e. The van der Waals surface area contributed by atoms with Gasteiger partial charge in [0.15, 0.2) is 0 Å². The average molecular weight is 403 g/mol. The molecule has 0 bridgehead atoms. The van der Waals surface area contributed by atoms with Gasteiger partial charge in [0.25, 0.3) is 0 Å². The van der Waals surface area contributed by atoms with Crippen LogP contribution in [-0.2, 0) is 20.2 Å². The first kappa shape index (κ1) is 19.2. The van der Waals surface area contributed by atoms with Gasteiger partial charge in [-0.25, -0.2) is 0 Å². The smallest absolute Gasteiger partial charge is 0.129 e. The highest BCUT2D eigenvalue weighted by atomic mass is 35.5. The first-order chi connectivity index (χ1) is 14.2. The van der Waals surface area contributed by atoms with Gasteiger partial charge in [-0.3, -0.25) is 0 Å². The van der Waals surface area contributed by atoms with E-state index < -0.39 is 0 Å². The Morgan fingerprint density at radius 1 is 1.00 bits per heavy atom. The van der Waals surface area contributed by atoms with Crippen LogP contribution in [0.5, 0.6) is 5.75 Å². The fraction of sp³-hybridized carbons (Fsp3) is 0.120. The van der Waals surface area contributed by atoms with Gasteiger partial charge in [-0.15, -0.1) is 0 Å². The number of fused-ring (bicyclic) bond motifs is 1. The second-order valence-corrected chi connectivity index (χ2v) is 7.33. The lowest BCUT2D eigenvalue weighted by molar-refractivity contribution is 0.296. The van der Waals surface area contributed by atoms with E-state index in [1.54, 1.807) is 0 Å². The highest BCUT2D eigenvalue weighted by molar-refractivity contribution is 6.30. The minimum Gasteiger partial charge on any atom is -0.487 e. The van der Waals surface area contributed by atoms with E-state index in [0.717, 1.165) is 22.7 Å². The summed E-state index contributed by atoms with van der Waals surface area (Å²) in [5, 5.41) is 5.51. The van der Waals surface area contributed by atoms with Crippen LogP contribution in [0.3, 0.4) is 0 Å². The number of ether oxygens (including phenoxy) is 1. The molecule has 1 heterocycles. The van der Waals surface area contributed by atoms with Gasteiger partial charge in [-0.1, -0.05) is 60.7 Å². The molecule has 1 N–H and O–H groups in total. The van der Waals surface area contributed by atoms with Crippen molar-refractivity contribution in [3.05, 3.63) is 101 Å². The molecule has 0 unspecified atom stereocenters. The molecule has 0 atom stereocenters. The third-order valence-electron chi connectivity index (χ3n) is 5.17. The molecule has 146 valence electrons. The molecule has 0 radical (unpaired) electrons. The van der Waals surface area contributed by atoms with Crippen LogP contribution in [0.25, 0.3) is 17.0 Å². The number of para-hydroxylation sites is 2. The van der Waals surface area contributed by atoms with Gasteiger partial charge in [0.2, 0.25) is 0 Å². The van der Waals surface area contributed by atoms with Gasteiger partial charge in [0.05, 0.1) is 5.69 Å². The molecule has 0 spiro atoms. The Hall–Kier alpha value is -3.17. The number of nitrogens with one attached hydrogen (secondary N) is 1.